The molecule has 0 saturated carbocycles. The van der Waals surface area contributed by atoms with Crippen LogP contribution in [-0.2, 0) is 11.3 Å². The summed E-state index contributed by atoms with van der Waals surface area (Å²) < 4.78 is 46.9. The summed E-state index contributed by atoms with van der Waals surface area (Å²) in [5, 5.41) is 11.2. The summed E-state index contributed by atoms with van der Waals surface area (Å²) in [6, 6.07) is 11.1. The molecule has 10 heteroatoms. The maximum Gasteiger partial charge on any atom is 0.410 e. The molecule has 4 rings (SSSR count). The van der Waals surface area contributed by atoms with Gasteiger partial charge in [0.1, 0.15) is 12.8 Å². The quantitative estimate of drug-likeness (QED) is 0.635. The van der Waals surface area contributed by atoms with Crippen LogP contribution in [0.25, 0.3) is 5.65 Å². The van der Waals surface area contributed by atoms with E-state index in [2.05, 4.69) is 15.5 Å². The first-order valence-corrected chi connectivity index (χ1v) is 9.97. The van der Waals surface area contributed by atoms with E-state index < -0.39 is 18.7 Å². The SMILES string of the molecule is O=C(OCc1ccc(C(F)F)cc1)N1CCC(CNc2nnc3ccccn23)C(F)C1. The van der Waals surface area contributed by atoms with Gasteiger partial charge < -0.3 is 15.0 Å². The van der Waals surface area contributed by atoms with Crippen LogP contribution in [0.1, 0.15) is 24.0 Å². The average molecular weight is 433 g/mol. The third kappa shape index (κ3) is 4.89. The van der Waals surface area contributed by atoms with Crippen LogP contribution in [-0.4, -0.2) is 51.4 Å². The van der Waals surface area contributed by atoms with Gasteiger partial charge in [0.05, 0.1) is 6.54 Å². The van der Waals surface area contributed by atoms with Gasteiger partial charge in [-0.2, -0.15) is 0 Å². The molecule has 1 saturated heterocycles. The Morgan fingerprint density at radius 3 is 2.74 bits per heavy atom. The Bertz CT molecular complexity index is 1030. The van der Waals surface area contributed by atoms with E-state index in [1.807, 2.05) is 24.4 Å². The molecule has 3 heterocycles. The molecule has 1 aliphatic heterocycles. The summed E-state index contributed by atoms with van der Waals surface area (Å²) in [5.41, 5.74) is 1.20. The predicted octanol–water partition coefficient (Wildman–Crippen LogP) is 4.08. The first kappa shape index (κ1) is 21.0. The molecule has 0 bridgehead atoms. The minimum atomic E-state index is -2.54. The van der Waals surface area contributed by atoms with Crippen molar-refractivity contribution in [2.75, 3.05) is 25.0 Å². The van der Waals surface area contributed by atoms with E-state index in [0.717, 1.165) is 0 Å². The first-order chi connectivity index (χ1) is 15.0. The standard InChI is InChI=1S/C21H22F3N5O2/c22-17-12-28(21(30)31-13-14-4-6-15(7-5-14)19(23)24)10-8-16(17)11-25-20-27-26-18-3-1-2-9-29(18)20/h1-7,9,16-17,19H,8,10-13H2,(H,25,27). The number of hydrogen-bond acceptors (Lipinski definition) is 5. The molecule has 1 N–H and O–H groups in total. The van der Waals surface area contributed by atoms with Crippen LogP contribution in [0.3, 0.4) is 0 Å². The van der Waals surface area contributed by atoms with Gasteiger partial charge in [0.15, 0.2) is 5.65 Å². The van der Waals surface area contributed by atoms with Crippen LogP contribution < -0.4 is 5.32 Å². The number of carbonyl (C=O) groups excluding carboxylic acids is 1. The van der Waals surface area contributed by atoms with Gasteiger partial charge in [0.2, 0.25) is 5.95 Å². The van der Waals surface area contributed by atoms with Gasteiger partial charge in [-0.3, -0.25) is 4.40 Å². The van der Waals surface area contributed by atoms with E-state index in [1.54, 1.807) is 4.40 Å². The zero-order valence-electron chi connectivity index (χ0n) is 16.6. The van der Waals surface area contributed by atoms with E-state index in [1.165, 1.54) is 29.2 Å². The molecule has 0 spiro atoms. The minimum absolute atomic E-state index is 0.0548. The summed E-state index contributed by atoms with van der Waals surface area (Å²) in [6.07, 6.45) is -2.07. The van der Waals surface area contributed by atoms with Crippen LogP contribution in [0.2, 0.25) is 0 Å². The topological polar surface area (TPSA) is 71.8 Å². The van der Waals surface area contributed by atoms with E-state index in [9.17, 15) is 18.0 Å². The third-order valence-corrected chi connectivity index (χ3v) is 5.36. The Hall–Kier alpha value is -3.30. The van der Waals surface area contributed by atoms with Crippen molar-refractivity contribution in [2.45, 2.75) is 25.6 Å². The summed E-state index contributed by atoms with van der Waals surface area (Å²) in [6.45, 7) is 0.629. The molecule has 2 atom stereocenters. The molecule has 2 aromatic heterocycles. The molecule has 1 amide bonds. The Labute approximate surface area is 176 Å². The second-order valence-electron chi connectivity index (χ2n) is 7.44. The lowest BCUT2D eigenvalue weighted by Gasteiger charge is -2.34. The van der Waals surface area contributed by atoms with E-state index in [4.69, 9.17) is 4.74 Å². The van der Waals surface area contributed by atoms with Crippen molar-refractivity contribution >= 4 is 17.7 Å². The van der Waals surface area contributed by atoms with E-state index in [0.29, 0.717) is 36.7 Å². The number of carbonyl (C=O) groups is 1. The van der Waals surface area contributed by atoms with Gasteiger partial charge in [-0.1, -0.05) is 30.3 Å². The van der Waals surface area contributed by atoms with Crippen LogP contribution in [0.4, 0.5) is 23.9 Å². The number of fused-ring (bicyclic) bond motifs is 1. The van der Waals surface area contributed by atoms with Gasteiger partial charge in [-0.25, -0.2) is 18.0 Å². The summed E-state index contributed by atoms with van der Waals surface area (Å²) >= 11 is 0. The number of likely N-dealkylation sites (tertiary alicyclic amines) is 1. The van der Waals surface area contributed by atoms with Crippen molar-refractivity contribution in [3.8, 4) is 0 Å². The summed E-state index contributed by atoms with van der Waals surface area (Å²) in [5.74, 6) is 0.268. The van der Waals surface area contributed by atoms with Crippen LogP contribution in [0.5, 0.6) is 0 Å². The highest BCUT2D eigenvalue weighted by atomic mass is 19.3. The molecular formula is C21H22F3N5O2. The largest absolute Gasteiger partial charge is 0.445 e. The lowest BCUT2D eigenvalue weighted by molar-refractivity contribution is 0.0543. The average Bonchev–Trinajstić information content (AvgIpc) is 3.20. The smallest absolute Gasteiger partial charge is 0.410 e. The lowest BCUT2D eigenvalue weighted by Crippen LogP contribution is -2.46. The van der Waals surface area contributed by atoms with Crippen LogP contribution >= 0.6 is 0 Å². The molecule has 2 unspecified atom stereocenters. The fourth-order valence-electron chi connectivity index (χ4n) is 3.53. The fraction of sp³-hybridized carbons (Fsp3) is 0.381. The second-order valence-corrected chi connectivity index (χ2v) is 7.44. The van der Waals surface area contributed by atoms with Crippen LogP contribution in [0.15, 0.2) is 48.7 Å². The second kappa shape index (κ2) is 9.23. The van der Waals surface area contributed by atoms with E-state index >= 15 is 0 Å². The maximum atomic E-state index is 14.7. The minimum Gasteiger partial charge on any atom is -0.445 e. The van der Waals surface area contributed by atoms with Crippen molar-refractivity contribution in [1.29, 1.82) is 0 Å². The number of nitrogens with zero attached hydrogens (tertiary/aromatic N) is 4. The van der Waals surface area contributed by atoms with Crippen LogP contribution in [0, 0.1) is 5.92 Å². The fourth-order valence-corrected chi connectivity index (χ4v) is 3.53. The lowest BCUT2D eigenvalue weighted by atomic mass is 9.95. The summed E-state index contributed by atoms with van der Waals surface area (Å²) in [4.78, 5) is 13.6. The van der Waals surface area contributed by atoms with E-state index in [-0.39, 0.29) is 24.6 Å². The molecule has 3 aromatic rings. The number of halogens is 3. The van der Waals surface area contributed by atoms with Crippen molar-refractivity contribution in [3.63, 3.8) is 0 Å². The molecule has 164 valence electrons. The Morgan fingerprint density at radius 2 is 2.00 bits per heavy atom. The number of aromatic nitrogens is 3. The van der Waals surface area contributed by atoms with Crippen molar-refractivity contribution in [3.05, 3.63) is 59.8 Å². The predicted molar refractivity (Wildman–Crippen MR) is 108 cm³/mol. The molecule has 1 aliphatic rings. The number of hydrogen-bond donors (Lipinski definition) is 1. The zero-order valence-corrected chi connectivity index (χ0v) is 16.6. The molecule has 7 nitrogen and oxygen atoms in total. The molecule has 1 fully saturated rings. The molecular weight excluding hydrogens is 411 g/mol. The molecule has 0 radical (unpaired) electrons. The Morgan fingerprint density at radius 1 is 1.19 bits per heavy atom. The number of anilines is 1. The monoisotopic (exact) mass is 433 g/mol. The van der Waals surface area contributed by atoms with Crippen molar-refractivity contribution in [2.24, 2.45) is 5.92 Å². The number of pyridine rings is 1. The van der Waals surface area contributed by atoms with Gasteiger partial charge >= 0.3 is 6.09 Å². The van der Waals surface area contributed by atoms with Gasteiger partial charge in [-0.15, -0.1) is 10.2 Å². The zero-order chi connectivity index (χ0) is 21.8. The van der Waals surface area contributed by atoms with Gasteiger partial charge in [0, 0.05) is 30.8 Å². The highest BCUT2D eigenvalue weighted by Gasteiger charge is 2.32. The number of piperidine rings is 1. The first-order valence-electron chi connectivity index (χ1n) is 9.97. The Kier molecular flexibility index (Phi) is 6.24. The molecule has 0 aliphatic carbocycles. The Balaban J connectivity index is 1.25. The number of ether oxygens (including phenoxy) is 1. The number of alkyl halides is 3. The van der Waals surface area contributed by atoms with Gasteiger partial charge in [0.25, 0.3) is 6.43 Å². The highest BCUT2D eigenvalue weighted by Crippen LogP contribution is 2.23. The normalized spacial score (nSPS) is 19.0. The van der Waals surface area contributed by atoms with Crippen molar-refractivity contribution in [1.82, 2.24) is 19.5 Å². The maximum absolute atomic E-state index is 14.7. The molecule has 1 aromatic carbocycles. The molecule has 31 heavy (non-hydrogen) atoms. The number of benzene rings is 1. The number of nitrogens with one attached hydrogen (secondary N) is 1. The van der Waals surface area contributed by atoms with Crippen molar-refractivity contribution < 1.29 is 22.7 Å². The highest BCUT2D eigenvalue weighted by molar-refractivity contribution is 5.67. The third-order valence-electron chi connectivity index (χ3n) is 5.36. The van der Waals surface area contributed by atoms with Gasteiger partial charge in [-0.05, 0) is 24.1 Å². The number of amides is 1. The summed E-state index contributed by atoms with van der Waals surface area (Å²) in [7, 11) is 0. The number of rotatable bonds is 6.